The summed E-state index contributed by atoms with van der Waals surface area (Å²) in [6.45, 7) is 0. The van der Waals surface area contributed by atoms with Crippen molar-refractivity contribution < 1.29 is 43.3 Å². The van der Waals surface area contributed by atoms with Gasteiger partial charge in [-0.2, -0.15) is 15.3 Å². The molecule has 5 heterocycles. The SMILES string of the molecule is C.COC(=O)C(CC1CCCC1)n1cc(CC2CC2)cn1.COC(=O)c1cnc(N)s1.COC(=O)c1cnc(NC(=O)C(CC2CCCC2)n2cc(CC3CC3)cn2)s1.O=C(O)C(CC1CCCC1)n1cc(CC2CC2)cn1.[B]B([B])B([B])[B]. The minimum absolute atomic E-state index is 0. The van der Waals surface area contributed by atoms with Crippen LogP contribution in [0.25, 0.3) is 0 Å². The van der Waals surface area contributed by atoms with Crippen LogP contribution in [0.2, 0.25) is 0 Å². The molecule has 0 saturated heterocycles. The Morgan fingerprint density at radius 3 is 1.29 bits per heavy atom. The first kappa shape index (κ1) is 67.6. The molecule has 6 saturated carbocycles. The Morgan fingerprint density at radius 2 is 0.929 bits per heavy atom. The summed E-state index contributed by atoms with van der Waals surface area (Å²) >= 11 is 2.24. The molecule has 0 bridgehead atoms. The molecule has 1 amide bonds. The zero-order valence-electron chi connectivity index (χ0n) is 48.4. The third-order valence-electron chi connectivity index (χ3n) is 16.2. The van der Waals surface area contributed by atoms with Gasteiger partial charge in [-0.25, -0.2) is 29.1 Å². The van der Waals surface area contributed by atoms with Crippen molar-refractivity contribution in [2.24, 2.45) is 35.5 Å². The number of aliphatic carboxylic acids is 1. The highest BCUT2D eigenvalue weighted by Crippen LogP contribution is 2.38. The first-order valence-corrected chi connectivity index (χ1v) is 31.2. The number of carbonyl (C=O) groups is 5. The number of nitrogens with zero attached hydrogens (tertiary/aromatic N) is 8. The molecule has 5 aromatic rings. The number of anilines is 2. The lowest BCUT2D eigenvalue weighted by Crippen LogP contribution is -2.38. The molecular weight excluding hydrogens is 1100 g/mol. The van der Waals surface area contributed by atoms with Crippen molar-refractivity contribution in [2.75, 3.05) is 32.4 Å². The second-order valence-corrected chi connectivity index (χ2v) is 25.3. The standard InChI is InChI=1S/C20H26N4O3S.C16H24N2O2.C15H22N2O2.C5H6N2O2S.CH4.B6/c1-27-19(26)17-11-21-20(28-17)23-18(25)16(9-13-4-2-3-5-13)24-12-15(10-22-24)8-14-6-7-14;1-20-16(19)15(9-12-4-2-3-5-12)18-11-14(10-17-18)8-13-6-7-13;18-15(19)14(8-11-3-1-2-4-11)17-10-13(9-16-17)7-12-5-6-12;1-9-4(8)3-2-7-5(6)10-3;;1-5(2)6(3)4/h10-14,16H,2-9H2,1H3,(H,21,23,25);10-13,15H,2-9H2,1H3;9-12,14H,1-8H2,(H,18,19);2H,1H3,(H2,6,7);1H4;. The highest BCUT2D eigenvalue weighted by Gasteiger charge is 2.32. The van der Waals surface area contributed by atoms with E-state index in [4.69, 9.17) is 46.2 Å². The number of methoxy groups -OCH3 is 3. The van der Waals surface area contributed by atoms with Gasteiger partial charge in [0.05, 0.1) is 52.3 Å². The topological polar surface area (TPSA) is 251 Å². The monoisotopic (exact) mass is 1180 g/mol. The van der Waals surface area contributed by atoms with E-state index in [2.05, 4.69) is 41.5 Å². The minimum Gasteiger partial charge on any atom is -0.480 e. The summed E-state index contributed by atoms with van der Waals surface area (Å²) in [5.41, 5.74) is 8.93. The van der Waals surface area contributed by atoms with Crippen molar-refractivity contribution in [1.82, 2.24) is 39.3 Å². The minimum atomic E-state index is -0.743. The van der Waals surface area contributed by atoms with Gasteiger partial charge in [0.2, 0.25) is 0 Å². The number of aromatic nitrogens is 8. The number of rotatable bonds is 22. The molecule has 8 radical (unpaired) electrons. The molecule has 3 atom stereocenters. The van der Waals surface area contributed by atoms with E-state index in [0.29, 0.717) is 37.8 Å². The Labute approximate surface area is 510 Å². The van der Waals surface area contributed by atoms with Gasteiger partial charge in [-0.3, -0.25) is 18.8 Å². The molecule has 444 valence electrons. The van der Waals surface area contributed by atoms with E-state index in [1.165, 1.54) is 166 Å². The Balaban J connectivity index is 0.000000180. The number of ether oxygens (including phenoxy) is 3. The van der Waals surface area contributed by atoms with Gasteiger partial charge in [-0.15, -0.1) is 0 Å². The van der Waals surface area contributed by atoms with Crippen LogP contribution in [-0.2, 0) is 47.9 Å². The number of carbonyl (C=O) groups excluding carboxylic acids is 4. The van der Waals surface area contributed by atoms with E-state index in [1.54, 1.807) is 4.68 Å². The van der Waals surface area contributed by atoms with Gasteiger partial charge < -0.3 is 30.4 Å². The molecule has 0 aromatic carbocycles. The summed E-state index contributed by atoms with van der Waals surface area (Å²) < 4.78 is 19.4. The molecule has 19 nitrogen and oxygen atoms in total. The number of nitrogens with two attached hydrogens (primary N) is 1. The molecule has 11 rings (SSSR count). The molecule has 0 spiro atoms. The molecule has 0 aliphatic heterocycles. The maximum absolute atomic E-state index is 13.1. The number of esters is 3. The average Bonchev–Trinajstić information content (AvgIpc) is 4.06. The Hall–Kier alpha value is -5.57. The van der Waals surface area contributed by atoms with Crippen LogP contribution in [0.4, 0.5) is 10.3 Å². The first-order valence-electron chi connectivity index (χ1n) is 29.5. The van der Waals surface area contributed by atoms with E-state index in [1.807, 2.05) is 40.3 Å². The zero-order valence-corrected chi connectivity index (χ0v) is 50.1. The van der Waals surface area contributed by atoms with Crippen LogP contribution in [0.15, 0.2) is 49.6 Å². The molecule has 6 fully saturated rings. The number of amides is 1. The number of carboxylic acids is 1. The van der Waals surface area contributed by atoms with Crippen molar-refractivity contribution in [3.8, 4) is 0 Å². The second-order valence-electron chi connectivity index (χ2n) is 23.2. The van der Waals surface area contributed by atoms with Gasteiger partial charge in [0.1, 0.15) is 27.9 Å². The van der Waals surface area contributed by atoms with Crippen molar-refractivity contribution in [2.45, 2.75) is 180 Å². The van der Waals surface area contributed by atoms with Gasteiger partial charge in [0.15, 0.2) is 10.3 Å². The summed E-state index contributed by atoms with van der Waals surface area (Å²) in [6, 6.07) is -1.08. The Bertz CT molecular complexity index is 2810. The third kappa shape index (κ3) is 22.4. The lowest BCUT2D eigenvalue weighted by atomic mass is 8.81. The highest BCUT2D eigenvalue weighted by atomic mass is 32.1. The van der Waals surface area contributed by atoms with Crippen LogP contribution in [0, 0.1) is 35.5 Å². The predicted molar refractivity (Wildman–Crippen MR) is 334 cm³/mol. The molecule has 6 aliphatic rings. The second kappa shape index (κ2) is 33.9. The fourth-order valence-electron chi connectivity index (χ4n) is 10.9. The summed E-state index contributed by atoms with van der Waals surface area (Å²) in [5.74, 6) is 2.35. The molecule has 27 heteroatoms. The molecule has 6 aliphatic carbocycles. The zero-order chi connectivity index (χ0) is 59.4. The lowest BCUT2D eigenvalue weighted by Gasteiger charge is -2.20. The number of nitrogens with one attached hydrogen (secondary N) is 1. The average molecular weight is 1180 g/mol. The molecule has 5 aromatic heterocycles. The number of thiazole rings is 2. The van der Waals surface area contributed by atoms with Gasteiger partial charge in [0.25, 0.3) is 5.91 Å². The van der Waals surface area contributed by atoms with E-state index in [-0.39, 0.29) is 31.4 Å². The summed E-state index contributed by atoms with van der Waals surface area (Å²) in [6.07, 6.45) is 41.6. The molecule has 84 heavy (non-hydrogen) atoms. The first-order chi connectivity index (χ1) is 40.0. The van der Waals surface area contributed by atoms with Crippen LogP contribution in [0.1, 0.15) is 196 Å². The molecule has 3 unspecified atom stereocenters. The molecule has 4 N–H and O–H groups in total. The lowest BCUT2D eigenvalue weighted by molar-refractivity contribution is -0.145. The fourth-order valence-corrected chi connectivity index (χ4v) is 12.3. The van der Waals surface area contributed by atoms with E-state index >= 15 is 0 Å². The van der Waals surface area contributed by atoms with Gasteiger partial charge in [-0.05, 0) is 129 Å². The van der Waals surface area contributed by atoms with Crippen LogP contribution < -0.4 is 11.1 Å². The normalized spacial score (nSPS) is 17.6. The summed E-state index contributed by atoms with van der Waals surface area (Å²) in [4.78, 5) is 67.6. The van der Waals surface area contributed by atoms with Crippen molar-refractivity contribution in [3.05, 3.63) is 76.0 Å². The number of hydrogen-bond acceptors (Lipinski definition) is 16. The quantitative estimate of drug-likeness (QED) is 0.0332. The summed E-state index contributed by atoms with van der Waals surface area (Å²) in [5, 5.41) is 26.3. The smallest absolute Gasteiger partial charge is 0.349 e. The summed E-state index contributed by atoms with van der Waals surface area (Å²) in [7, 11) is 24.0. The highest BCUT2D eigenvalue weighted by molar-refractivity contribution is 7.76. The van der Waals surface area contributed by atoms with Crippen molar-refractivity contribution >= 4 is 106 Å². The van der Waals surface area contributed by atoms with E-state index in [9.17, 15) is 29.1 Å². The van der Waals surface area contributed by atoms with Crippen LogP contribution in [0.5, 0.6) is 0 Å². The number of hydrogen-bond donors (Lipinski definition) is 3. The largest absolute Gasteiger partial charge is 0.480 e. The number of nitrogen functional groups attached to an aromatic ring is 1. The van der Waals surface area contributed by atoms with Crippen LogP contribution >= 0.6 is 22.7 Å². The fraction of sp³-hybridized carbons (Fsp3) is 0.649. The van der Waals surface area contributed by atoms with Crippen molar-refractivity contribution in [3.63, 3.8) is 0 Å². The van der Waals surface area contributed by atoms with Crippen LogP contribution in [0.3, 0.4) is 0 Å². The Kier molecular flexibility index (Phi) is 27.3. The van der Waals surface area contributed by atoms with E-state index in [0.717, 1.165) is 79.0 Å². The maximum atomic E-state index is 13.1. The molecular formula is C57H82B6N10O9S2. The Morgan fingerprint density at radius 1 is 0.560 bits per heavy atom. The van der Waals surface area contributed by atoms with Gasteiger partial charge in [-0.1, -0.05) is 107 Å². The maximum Gasteiger partial charge on any atom is 0.349 e. The number of carboxylic acid groups (broad SMARTS) is 1. The third-order valence-corrected chi connectivity index (χ3v) is 17.9. The predicted octanol–water partition coefficient (Wildman–Crippen LogP) is 8.87. The van der Waals surface area contributed by atoms with Gasteiger partial charge in [0, 0.05) is 62.3 Å². The van der Waals surface area contributed by atoms with E-state index < -0.39 is 36.7 Å². The van der Waals surface area contributed by atoms with Gasteiger partial charge >= 0.3 is 23.9 Å². The van der Waals surface area contributed by atoms with Crippen molar-refractivity contribution in [1.29, 1.82) is 0 Å². The van der Waals surface area contributed by atoms with Crippen LogP contribution in [-0.4, -0.2) is 139 Å².